The number of hydrogen-bond acceptors (Lipinski definition) is 4. The molecule has 0 N–H and O–H groups in total. The molecule has 0 aromatic heterocycles. The Balaban J connectivity index is 1.45. The second-order valence-corrected chi connectivity index (χ2v) is 9.42. The third kappa shape index (κ3) is 3.36. The molecule has 140 valence electrons. The fraction of sp³-hybridized carbons (Fsp3) is 0.364. The van der Waals surface area contributed by atoms with Gasteiger partial charge in [-0.2, -0.15) is 0 Å². The third-order valence-electron chi connectivity index (χ3n) is 5.30. The van der Waals surface area contributed by atoms with Gasteiger partial charge in [0.05, 0.1) is 11.3 Å². The maximum atomic E-state index is 12.8. The zero-order valence-electron chi connectivity index (χ0n) is 15.5. The summed E-state index contributed by atoms with van der Waals surface area (Å²) >= 11 is 1.71. The molecule has 2 aromatic rings. The van der Waals surface area contributed by atoms with Crippen LogP contribution in [-0.4, -0.2) is 32.9 Å². The van der Waals surface area contributed by atoms with E-state index >= 15 is 0 Å². The quantitative estimate of drug-likeness (QED) is 0.586. The molecular formula is C22H23NO3S. The minimum absolute atomic E-state index is 0.0435. The van der Waals surface area contributed by atoms with Gasteiger partial charge in [0, 0.05) is 4.75 Å². The van der Waals surface area contributed by atoms with Crippen LogP contribution in [0.1, 0.15) is 25.0 Å². The van der Waals surface area contributed by atoms with Crippen molar-refractivity contribution < 1.29 is 14.3 Å². The first-order valence-corrected chi connectivity index (χ1v) is 10.1. The standard InChI is InChI=1S/C22H23NO3S/c1-22(2)18(21(25)26-14-16-11-7-4-8-12-16)23-19(24)17(20(23)27-22)13-15-9-5-3-6-10-15/h3-12,17-18,20H,13-14H2,1-2H3/t17-,18+,20-/m1/s1. The van der Waals surface area contributed by atoms with Crippen LogP contribution in [0.5, 0.6) is 0 Å². The van der Waals surface area contributed by atoms with Crippen LogP contribution in [0.15, 0.2) is 60.7 Å². The van der Waals surface area contributed by atoms with Gasteiger partial charge in [-0.1, -0.05) is 60.7 Å². The van der Waals surface area contributed by atoms with E-state index in [-0.39, 0.29) is 34.5 Å². The maximum absolute atomic E-state index is 12.8. The Morgan fingerprint density at radius 1 is 1.04 bits per heavy atom. The van der Waals surface area contributed by atoms with E-state index < -0.39 is 6.04 Å². The van der Waals surface area contributed by atoms with Crippen molar-refractivity contribution in [3.63, 3.8) is 0 Å². The number of carbonyl (C=O) groups is 2. The van der Waals surface area contributed by atoms with Crippen molar-refractivity contribution in [1.29, 1.82) is 0 Å². The number of fused-ring (bicyclic) bond motifs is 1. The number of rotatable bonds is 5. The first-order chi connectivity index (χ1) is 13.0. The lowest BCUT2D eigenvalue weighted by molar-refractivity contribution is -0.167. The van der Waals surface area contributed by atoms with Gasteiger partial charge < -0.3 is 9.64 Å². The van der Waals surface area contributed by atoms with Crippen LogP contribution in [0, 0.1) is 5.92 Å². The smallest absolute Gasteiger partial charge is 0.330 e. The molecule has 2 aliphatic rings. The summed E-state index contributed by atoms with van der Waals surface area (Å²) in [5.41, 5.74) is 2.10. The number of benzene rings is 2. The molecule has 4 rings (SSSR count). The second-order valence-electron chi connectivity index (χ2n) is 7.65. The predicted molar refractivity (Wildman–Crippen MR) is 106 cm³/mol. The maximum Gasteiger partial charge on any atom is 0.330 e. The molecule has 2 aromatic carbocycles. The summed E-state index contributed by atoms with van der Waals surface area (Å²) in [6, 6.07) is 19.1. The summed E-state index contributed by atoms with van der Waals surface area (Å²) in [5.74, 6) is -0.322. The monoisotopic (exact) mass is 381 g/mol. The van der Waals surface area contributed by atoms with Crippen LogP contribution in [0.4, 0.5) is 0 Å². The van der Waals surface area contributed by atoms with E-state index in [0.29, 0.717) is 0 Å². The van der Waals surface area contributed by atoms with Crippen molar-refractivity contribution in [3.05, 3.63) is 71.8 Å². The zero-order chi connectivity index (χ0) is 19.0. The van der Waals surface area contributed by atoms with Gasteiger partial charge in [-0.15, -0.1) is 11.8 Å². The molecule has 4 nitrogen and oxygen atoms in total. The highest BCUT2D eigenvalue weighted by Gasteiger charge is 2.63. The number of hydrogen-bond donors (Lipinski definition) is 0. The van der Waals surface area contributed by atoms with Crippen LogP contribution >= 0.6 is 11.8 Å². The average molecular weight is 381 g/mol. The van der Waals surface area contributed by atoms with Crippen molar-refractivity contribution >= 4 is 23.6 Å². The Bertz CT molecular complexity index is 837. The summed E-state index contributed by atoms with van der Waals surface area (Å²) in [6.07, 6.45) is 0.718. The Morgan fingerprint density at radius 2 is 1.63 bits per heavy atom. The number of amides is 1. The van der Waals surface area contributed by atoms with Gasteiger partial charge in [0.25, 0.3) is 0 Å². The van der Waals surface area contributed by atoms with Crippen LogP contribution in [-0.2, 0) is 27.4 Å². The molecule has 0 saturated carbocycles. The van der Waals surface area contributed by atoms with Crippen LogP contribution in [0.3, 0.4) is 0 Å². The molecule has 2 heterocycles. The number of esters is 1. The first kappa shape index (κ1) is 18.1. The minimum Gasteiger partial charge on any atom is -0.459 e. The van der Waals surface area contributed by atoms with Crippen molar-refractivity contribution in [2.75, 3.05) is 0 Å². The largest absolute Gasteiger partial charge is 0.459 e. The van der Waals surface area contributed by atoms with Crippen molar-refractivity contribution in [2.24, 2.45) is 5.92 Å². The van der Waals surface area contributed by atoms with E-state index in [1.54, 1.807) is 16.7 Å². The summed E-state index contributed by atoms with van der Waals surface area (Å²) in [4.78, 5) is 27.4. The normalized spacial score (nSPS) is 25.6. The summed E-state index contributed by atoms with van der Waals surface area (Å²) in [7, 11) is 0. The molecule has 1 amide bonds. The van der Waals surface area contributed by atoms with Crippen LogP contribution < -0.4 is 0 Å². The molecule has 2 fully saturated rings. The second kappa shape index (κ2) is 7.04. The molecule has 5 heteroatoms. The van der Waals surface area contributed by atoms with Gasteiger partial charge in [-0.05, 0) is 31.4 Å². The Morgan fingerprint density at radius 3 is 2.26 bits per heavy atom. The first-order valence-electron chi connectivity index (χ1n) is 9.22. The number of carbonyl (C=O) groups excluding carboxylic acids is 2. The fourth-order valence-electron chi connectivity index (χ4n) is 3.94. The highest BCUT2D eigenvalue weighted by Crippen LogP contribution is 2.54. The Labute approximate surface area is 163 Å². The molecule has 2 aliphatic heterocycles. The van der Waals surface area contributed by atoms with E-state index in [9.17, 15) is 9.59 Å². The van der Waals surface area contributed by atoms with Gasteiger partial charge in [-0.3, -0.25) is 4.79 Å². The third-order valence-corrected chi connectivity index (χ3v) is 6.92. The molecule has 0 spiro atoms. The Kier molecular flexibility index (Phi) is 4.72. The van der Waals surface area contributed by atoms with E-state index in [1.807, 2.05) is 74.5 Å². The van der Waals surface area contributed by atoms with Crippen molar-refractivity contribution in [3.8, 4) is 0 Å². The van der Waals surface area contributed by atoms with E-state index in [2.05, 4.69) is 0 Å². The zero-order valence-corrected chi connectivity index (χ0v) is 16.3. The Hall–Kier alpha value is -2.27. The number of nitrogens with zero attached hydrogens (tertiary/aromatic N) is 1. The van der Waals surface area contributed by atoms with Crippen LogP contribution in [0.25, 0.3) is 0 Å². The fourth-order valence-corrected chi connectivity index (χ4v) is 5.61. The summed E-state index contributed by atoms with van der Waals surface area (Å²) < 4.78 is 5.19. The van der Waals surface area contributed by atoms with Gasteiger partial charge in [0.2, 0.25) is 5.91 Å². The molecule has 27 heavy (non-hydrogen) atoms. The summed E-state index contributed by atoms with van der Waals surface area (Å²) in [5, 5.41) is 0.0435. The van der Waals surface area contributed by atoms with Crippen LogP contribution in [0.2, 0.25) is 0 Å². The highest BCUT2D eigenvalue weighted by atomic mass is 32.2. The lowest BCUT2D eigenvalue weighted by Crippen LogP contribution is -2.63. The van der Waals surface area contributed by atoms with Crippen molar-refractivity contribution in [2.45, 2.75) is 43.0 Å². The highest BCUT2D eigenvalue weighted by molar-refractivity contribution is 8.01. The molecule has 0 unspecified atom stereocenters. The average Bonchev–Trinajstić information content (AvgIpc) is 2.94. The minimum atomic E-state index is -0.532. The number of β-lactam (4-membered cyclic amide) rings is 1. The van der Waals surface area contributed by atoms with Gasteiger partial charge >= 0.3 is 5.97 Å². The number of ether oxygens (including phenoxy) is 1. The lowest BCUT2D eigenvalue weighted by atomic mass is 9.87. The molecule has 2 saturated heterocycles. The van der Waals surface area contributed by atoms with Gasteiger partial charge in [-0.25, -0.2) is 4.79 Å². The summed E-state index contributed by atoms with van der Waals surface area (Å²) in [6.45, 7) is 4.28. The van der Waals surface area contributed by atoms with E-state index in [1.165, 1.54) is 0 Å². The van der Waals surface area contributed by atoms with Crippen molar-refractivity contribution in [1.82, 2.24) is 4.90 Å². The molecule has 0 radical (unpaired) electrons. The SMILES string of the molecule is CC1(C)S[C@@H]2[C@H](Cc3ccccc3)C(=O)N2[C@H]1C(=O)OCc1ccccc1. The topological polar surface area (TPSA) is 46.6 Å². The lowest BCUT2D eigenvalue weighted by Gasteiger charge is -2.44. The van der Waals surface area contributed by atoms with E-state index in [0.717, 1.165) is 17.5 Å². The van der Waals surface area contributed by atoms with Gasteiger partial charge in [0.1, 0.15) is 12.6 Å². The molecule has 3 atom stereocenters. The van der Waals surface area contributed by atoms with Gasteiger partial charge in [0.15, 0.2) is 0 Å². The molecule has 0 aliphatic carbocycles. The number of thioether (sulfide) groups is 1. The molecule has 0 bridgehead atoms. The predicted octanol–water partition coefficient (Wildman–Crippen LogP) is 3.65. The van der Waals surface area contributed by atoms with E-state index in [4.69, 9.17) is 4.74 Å². The molecular weight excluding hydrogens is 358 g/mol.